The SMILES string of the molecule is CC(C)(C)OC(=O)N1CC(C)(C)C(O)(CN)C(C)(C)C1. The average Bonchev–Trinajstić information content (AvgIpc) is 2.21. The third-order valence-electron chi connectivity index (χ3n) is 4.36. The molecule has 3 N–H and O–H groups in total. The molecule has 0 aromatic rings. The van der Waals surface area contributed by atoms with E-state index >= 15 is 0 Å². The van der Waals surface area contributed by atoms with Gasteiger partial charge in [0.1, 0.15) is 5.60 Å². The molecule has 0 aliphatic carbocycles. The minimum atomic E-state index is -1.02. The summed E-state index contributed by atoms with van der Waals surface area (Å²) < 4.78 is 5.44. The monoisotopic (exact) mass is 286 g/mol. The van der Waals surface area contributed by atoms with Crippen LogP contribution < -0.4 is 5.73 Å². The highest BCUT2D eigenvalue weighted by Crippen LogP contribution is 2.48. The maximum absolute atomic E-state index is 12.3. The van der Waals surface area contributed by atoms with Crippen molar-refractivity contribution in [3.05, 3.63) is 0 Å². The number of carbonyl (C=O) groups excluding carboxylic acids is 1. The number of rotatable bonds is 1. The van der Waals surface area contributed by atoms with Crippen LogP contribution in [0.4, 0.5) is 4.79 Å². The van der Waals surface area contributed by atoms with Crippen LogP contribution in [0.3, 0.4) is 0 Å². The summed E-state index contributed by atoms with van der Waals surface area (Å²) in [6, 6.07) is 0. The van der Waals surface area contributed by atoms with E-state index in [-0.39, 0.29) is 12.6 Å². The average molecular weight is 286 g/mol. The van der Waals surface area contributed by atoms with Crippen molar-refractivity contribution in [3.8, 4) is 0 Å². The Balaban J connectivity index is 3.01. The lowest BCUT2D eigenvalue weighted by Crippen LogP contribution is -2.70. The van der Waals surface area contributed by atoms with E-state index in [2.05, 4.69) is 0 Å². The molecule has 20 heavy (non-hydrogen) atoms. The topological polar surface area (TPSA) is 75.8 Å². The van der Waals surface area contributed by atoms with Crippen molar-refractivity contribution in [1.29, 1.82) is 0 Å². The molecule has 1 heterocycles. The van der Waals surface area contributed by atoms with Crippen LogP contribution >= 0.6 is 0 Å². The normalized spacial score (nSPS) is 24.4. The number of piperidine rings is 1. The first-order chi connectivity index (χ1) is 8.76. The Morgan fingerprint density at radius 2 is 1.60 bits per heavy atom. The number of nitrogens with zero attached hydrogens (tertiary/aromatic N) is 1. The van der Waals surface area contributed by atoms with E-state index in [0.29, 0.717) is 13.1 Å². The molecule has 1 fully saturated rings. The maximum atomic E-state index is 12.3. The number of ether oxygens (including phenoxy) is 1. The Labute approximate surface area is 122 Å². The van der Waals surface area contributed by atoms with Gasteiger partial charge in [0, 0.05) is 30.5 Å². The molecule has 0 atom stereocenters. The molecule has 1 aliphatic rings. The summed E-state index contributed by atoms with van der Waals surface area (Å²) in [6.07, 6.45) is -0.335. The van der Waals surface area contributed by atoms with Gasteiger partial charge in [-0.25, -0.2) is 4.79 Å². The van der Waals surface area contributed by atoms with Crippen molar-refractivity contribution in [1.82, 2.24) is 4.90 Å². The molecule has 5 heteroatoms. The second kappa shape index (κ2) is 4.88. The van der Waals surface area contributed by atoms with E-state index in [0.717, 1.165) is 0 Å². The summed E-state index contributed by atoms with van der Waals surface area (Å²) in [4.78, 5) is 14.0. The van der Waals surface area contributed by atoms with Crippen LogP contribution in [0, 0.1) is 10.8 Å². The van der Waals surface area contributed by atoms with Crippen LogP contribution in [-0.4, -0.2) is 46.9 Å². The number of hydrogen-bond donors (Lipinski definition) is 2. The number of hydrogen-bond acceptors (Lipinski definition) is 4. The van der Waals surface area contributed by atoms with Gasteiger partial charge in [-0.3, -0.25) is 0 Å². The molecule has 1 rings (SSSR count). The molecule has 0 saturated carbocycles. The Morgan fingerprint density at radius 3 is 1.90 bits per heavy atom. The summed E-state index contributed by atoms with van der Waals surface area (Å²) in [5, 5.41) is 11.0. The molecule has 0 aromatic heterocycles. The van der Waals surface area contributed by atoms with Gasteiger partial charge in [0.05, 0.1) is 5.60 Å². The molecule has 1 saturated heterocycles. The highest BCUT2D eigenvalue weighted by Gasteiger charge is 2.58. The zero-order chi connectivity index (χ0) is 16.0. The fourth-order valence-corrected chi connectivity index (χ4v) is 3.20. The second-order valence-electron chi connectivity index (χ2n) is 8.17. The first kappa shape index (κ1) is 17.2. The maximum Gasteiger partial charge on any atom is 0.410 e. The predicted molar refractivity (Wildman–Crippen MR) is 79.4 cm³/mol. The van der Waals surface area contributed by atoms with E-state index < -0.39 is 22.0 Å². The highest BCUT2D eigenvalue weighted by molar-refractivity contribution is 5.68. The van der Waals surface area contributed by atoms with Crippen LogP contribution in [0.1, 0.15) is 48.5 Å². The van der Waals surface area contributed by atoms with E-state index in [9.17, 15) is 9.90 Å². The third kappa shape index (κ3) is 2.93. The van der Waals surface area contributed by atoms with Crippen LogP contribution in [0.15, 0.2) is 0 Å². The lowest BCUT2D eigenvalue weighted by atomic mass is 9.58. The molecule has 0 radical (unpaired) electrons. The lowest BCUT2D eigenvalue weighted by molar-refractivity contribution is -0.185. The number of nitrogens with two attached hydrogens (primary N) is 1. The van der Waals surface area contributed by atoms with Crippen molar-refractivity contribution < 1.29 is 14.6 Å². The van der Waals surface area contributed by atoms with Gasteiger partial charge in [-0.2, -0.15) is 0 Å². The molecule has 5 nitrogen and oxygen atoms in total. The zero-order valence-corrected chi connectivity index (χ0v) is 13.9. The predicted octanol–water partition coefficient (Wildman–Crippen LogP) is 1.98. The van der Waals surface area contributed by atoms with Gasteiger partial charge in [-0.05, 0) is 20.8 Å². The molecular formula is C15H30N2O3. The Kier molecular flexibility index (Phi) is 4.21. The van der Waals surface area contributed by atoms with Gasteiger partial charge >= 0.3 is 6.09 Å². The van der Waals surface area contributed by atoms with Crippen molar-refractivity contribution in [2.24, 2.45) is 16.6 Å². The Bertz CT molecular complexity index is 365. The van der Waals surface area contributed by atoms with E-state index in [1.165, 1.54) is 0 Å². The van der Waals surface area contributed by atoms with Crippen molar-refractivity contribution >= 4 is 6.09 Å². The summed E-state index contributed by atoms with van der Waals surface area (Å²) >= 11 is 0. The van der Waals surface area contributed by atoms with Gasteiger partial charge in [-0.1, -0.05) is 27.7 Å². The van der Waals surface area contributed by atoms with E-state index in [4.69, 9.17) is 10.5 Å². The standard InChI is InChI=1S/C15H30N2O3/c1-12(2,3)20-11(18)17-9-13(4,5)15(19,8-16)14(6,7)10-17/h19H,8-10,16H2,1-7H3. The van der Waals surface area contributed by atoms with Gasteiger partial charge in [0.2, 0.25) is 0 Å². The van der Waals surface area contributed by atoms with Crippen LogP contribution in [-0.2, 0) is 4.74 Å². The van der Waals surface area contributed by atoms with E-state index in [1.807, 2.05) is 48.5 Å². The van der Waals surface area contributed by atoms with Gasteiger partial charge in [-0.15, -0.1) is 0 Å². The number of amides is 1. The minimum absolute atomic E-state index is 0.176. The fraction of sp³-hybridized carbons (Fsp3) is 0.933. The largest absolute Gasteiger partial charge is 0.444 e. The van der Waals surface area contributed by atoms with Gasteiger partial charge < -0.3 is 20.5 Å². The molecule has 0 aromatic carbocycles. The smallest absolute Gasteiger partial charge is 0.410 e. The quantitative estimate of drug-likeness (QED) is 0.773. The van der Waals surface area contributed by atoms with Crippen LogP contribution in [0.25, 0.3) is 0 Å². The van der Waals surface area contributed by atoms with Crippen molar-refractivity contribution in [3.63, 3.8) is 0 Å². The van der Waals surface area contributed by atoms with E-state index in [1.54, 1.807) is 4.90 Å². The third-order valence-corrected chi connectivity index (χ3v) is 4.36. The van der Waals surface area contributed by atoms with Crippen LogP contribution in [0.5, 0.6) is 0 Å². The molecular weight excluding hydrogens is 256 g/mol. The number of aliphatic hydroxyl groups is 1. The summed E-state index contributed by atoms with van der Waals surface area (Å²) in [6.45, 7) is 14.4. The van der Waals surface area contributed by atoms with Gasteiger partial charge in [0.25, 0.3) is 0 Å². The Morgan fingerprint density at radius 1 is 1.20 bits per heavy atom. The van der Waals surface area contributed by atoms with Crippen molar-refractivity contribution in [2.45, 2.75) is 59.7 Å². The summed E-state index contributed by atoms with van der Waals surface area (Å²) in [5.41, 5.74) is 3.29. The number of likely N-dealkylation sites (tertiary alicyclic amines) is 1. The molecule has 0 unspecified atom stereocenters. The molecule has 0 bridgehead atoms. The molecule has 1 aliphatic heterocycles. The lowest BCUT2D eigenvalue weighted by Gasteiger charge is -2.58. The molecule has 0 spiro atoms. The fourth-order valence-electron chi connectivity index (χ4n) is 3.20. The second-order valence-corrected chi connectivity index (χ2v) is 8.17. The highest BCUT2D eigenvalue weighted by atomic mass is 16.6. The number of carbonyl (C=O) groups is 1. The molecule has 118 valence electrons. The first-order valence-corrected chi connectivity index (χ1v) is 7.16. The first-order valence-electron chi connectivity index (χ1n) is 7.16. The van der Waals surface area contributed by atoms with Crippen molar-refractivity contribution in [2.75, 3.05) is 19.6 Å². The minimum Gasteiger partial charge on any atom is -0.444 e. The molecule has 1 amide bonds. The zero-order valence-electron chi connectivity index (χ0n) is 13.9. The summed E-state index contributed by atoms with van der Waals surface area (Å²) in [7, 11) is 0. The van der Waals surface area contributed by atoms with Crippen LogP contribution in [0.2, 0.25) is 0 Å². The Hall–Kier alpha value is -0.810. The summed E-state index contributed by atoms with van der Waals surface area (Å²) in [5.74, 6) is 0. The van der Waals surface area contributed by atoms with Gasteiger partial charge in [0.15, 0.2) is 0 Å².